The Hall–Kier alpha value is -0.180. The van der Waals surface area contributed by atoms with Gasteiger partial charge < -0.3 is 4.74 Å². The van der Waals surface area contributed by atoms with E-state index in [-0.39, 0.29) is 35.7 Å². The average molecular weight is 351 g/mol. The summed E-state index contributed by atoms with van der Waals surface area (Å²) in [6, 6.07) is 0. The summed E-state index contributed by atoms with van der Waals surface area (Å²) < 4.78 is 56.4. The van der Waals surface area contributed by atoms with E-state index in [1.807, 2.05) is 13.8 Å². The van der Waals surface area contributed by atoms with Crippen molar-refractivity contribution >= 4 is 19.9 Å². The van der Waals surface area contributed by atoms with E-state index in [4.69, 9.17) is 4.74 Å². The Morgan fingerprint density at radius 3 is 2.59 bits per heavy atom. The van der Waals surface area contributed by atoms with Crippen LogP contribution in [0.15, 0.2) is 0 Å². The molecule has 8 heteroatoms. The van der Waals surface area contributed by atoms with Gasteiger partial charge in [-0.25, -0.2) is 21.1 Å². The van der Waals surface area contributed by atoms with Crippen LogP contribution >= 0.6 is 0 Å². The Labute approximate surface area is 133 Å². The molecule has 1 unspecified atom stereocenters. The summed E-state index contributed by atoms with van der Waals surface area (Å²) in [5.41, 5.74) is -0.275. The number of sulfone groups is 1. The molecule has 0 radical (unpaired) electrons. The number of hydrogen-bond donors (Lipinski definition) is 0. The Morgan fingerprint density at radius 1 is 1.23 bits per heavy atom. The lowest BCUT2D eigenvalue weighted by Crippen LogP contribution is -2.43. The van der Waals surface area contributed by atoms with Crippen molar-refractivity contribution < 1.29 is 21.6 Å². The van der Waals surface area contributed by atoms with Gasteiger partial charge in [-0.15, -0.1) is 0 Å². The van der Waals surface area contributed by atoms with Crippen molar-refractivity contribution in [2.45, 2.75) is 56.5 Å². The third-order valence-corrected chi connectivity index (χ3v) is 9.30. The fraction of sp³-hybridized carbons (Fsp3) is 1.00. The topological polar surface area (TPSA) is 80.8 Å². The Kier molecular flexibility index (Phi) is 4.11. The van der Waals surface area contributed by atoms with Gasteiger partial charge in [0.25, 0.3) is 0 Å². The van der Waals surface area contributed by atoms with Gasteiger partial charge in [-0.1, -0.05) is 0 Å². The molecular weight excluding hydrogens is 326 g/mol. The first kappa shape index (κ1) is 16.7. The molecule has 0 amide bonds. The van der Waals surface area contributed by atoms with E-state index < -0.39 is 25.1 Å². The van der Waals surface area contributed by atoms with E-state index in [2.05, 4.69) is 0 Å². The highest BCUT2D eigenvalue weighted by Crippen LogP contribution is 2.36. The van der Waals surface area contributed by atoms with E-state index in [1.54, 1.807) is 0 Å². The second kappa shape index (κ2) is 5.43. The minimum absolute atomic E-state index is 0.0245. The van der Waals surface area contributed by atoms with E-state index in [1.165, 1.54) is 4.31 Å². The smallest absolute Gasteiger partial charge is 0.216 e. The first-order valence-corrected chi connectivity index (χ1v) is 11.3. The monoisotopic (exact) mass is 351 g/mol. The third-order valence-electron chi connectivity index (χ3n) is 5.16. The molecule has 0 aliphatic carbocycles. The fourth-order valence-electron chi connectivity index (χ4n) is 3.96. The summed E-state index contributed by atoms with van der Waals surface area (Å²) in [6.45, 7) is 4.45. The summed E-state index contributed by atoms with van der Waals surface area (Å²) >= 11 is 0. The zero-order valence-corrected chi connectivity index (χ0v) is 14.8. The predicted molar refractivity (Wildman–Crippen MR) is 83.8 cm³/mol. The van der Waals surface area contributed by atoms with E-state index >= 15 is 0 Å². The molecule has 3 aliphatic rings. The molecule has 0 aromatic heterocycles. The van der Waals surface area contributed by atoms with Crippen LogP contribution in [0.25, 0.3) is 0 Å². The van der Waals surface area contributed by atoms with E-state index in [0.29, 0.717) is 13.0 Å². The Bertz CT molecular complexity index is 640. The highest BCUT2D eigenvalue weighted by atomic mass is 32.2. The Morgan fingerprint density at radius 2 is 1.95 bits per heavy atom. The molecule has 0 aromatic carbocycles. The molecule has 0 N–H and O–H groups in total. The molecule has 3 atom stereocenters. The SMILES string of the molecule is CC1(C)CCCC(CS(=O)(=O)N2C[C@@H]3CCS(=O)(=O)[C@@H]3C2)O1. The van der Waals surface area contributed by atoms with E-state index in [0.717, 1.165) is 19.3 Å². The molecule has 0 aromatic rings. The maximum atomic E-state index is 12.6. The molecule has 0 spiro atoms. The van der Waals surface area contributed by atoms with Gasteiger partial charge in [-0.3, -0.25) is 0 Å². The molecule has 0 saturated carbocycles. The number of ether oxygens (including phenoxy) is 1. The quantitative estimate of drug-likeness (QED) is 0.751. The summed E-state index contributed by atoms with van der Waals surface area (Å²) in [5, 5.41) is -0.494. The van der Waals surface area contributed by atoms with Crippen molar-refractivity contribution in [3.05, 3.63) is 0 Å². The maximum absolute atomic E-state index is 12.6. The molecule has 3 aliphatic heterocycles. The van der Waals surface area contributed by atoms with Crippen molar-refractivity contribution in [2.24, 2.45) is 5.92 Å². The van der Waals surface area contributed by atoms with Gasteiger partial charge >= 0.3 is 0 Å². The fourth-order valence-corrected chi connectivity index (χ4v) is 7.93. The first-order valence-electron chi connectivity index (χ1n) is 7.96. The van der Waals surface area contributed by atoms with E-state index in [9.17, 15) is 16.8 Å². The van der Waals surface area contributed by atoms with Gasteiger partial charge in [-0.2, -0.15) is 0 Å². The van der Waals surface area contributed by atoms with Crippen LogP contribution in [-0.4, -0.2) is 62.7 Å². The summed E-state index contributed by atoms with van der Waals surface area (Å²) in [4.78, 5) is 0. The highest BCUT2D eigenvalue weighted by molar-refractivity contribution is 7.92. The van der Waals surface area contributed by atoms with Crippen LogP contribution in [0, 0.1) is 5.92 Å². The molecule has 3 heterocycles. The first-order chi connectivity index (χ1) is 10.1. The van der Waals surface area contributed by atoms with Gasteiger partial charge in [0.05, 0.1) is 28.5 Å². The van der Waals surface area contributed by atoms with Crippen LogP contribution in [0.3, 0.4) is 0 Å². The minimum Gasteiger partial charge on any atom is -0.371 e. The lowest BCUT2D eigenvalue weighted by molar-refractivity contribution is -0.0966. The Balaban J connectivity index is 1.67. The van der Waals surface area contributed by atoms with Crippen LogP contribution in [0.4, 0.5) is 0 Å². The molecule has 22 heavy (non-hydrogen) atoms. The van der Waals surface area contributed by atoms with Crippen molar-refractivity contribution in [2.75, 3.05) is 24.6 Å². The van der Waals surface area contributed by atoms with Crippen molar-refractivity contribution in [3.8, 4) is 0 Å². The van der Waals surface area contributed by atoms with Crippen LogP contribution in [0.2, 0.25) is 0 Å². The van der Waals surface area contributed by atoms with Gasteiger partial charge in [0.15, 0.2) is 9.84 Å². The standard InChI is InChI=1S/C14H25NO5S2/c1-14(2)6-3-4-12(20-14)10-22(18,19)15-8-11-5-7-21(16,17)13(11)9-15/h11-13H,3-10H2,1-2H3/t11-,12?,13+/m0/s1. The molecule has 0 bridgehead atoms. The minimum atomic E-state index is -3.46. The molecular formula is C14H25NO5S2. The van der Waals surface area contributed by atoms with Gasteiger partial charge in [0.1, 0.15) is 0 Å². The molecule has 3 saturated heterocycles. The summed E-state index contributed by atoms with van der Waals surface area (Å²) in [7, 11) is -6.56. The second-order valence-electron chi connectivity index (χ2n) is 7.44. The van der Waals surface area contributed by atoms with Crippen molar-refractivity contribution in [1.29, 1.82) is 0 Å². The van der Waals surface area contributed by atoms with Gasteiger partial charge in [0, 0.05) is 13.1 Å². The second-order valence-corrected chi connectivity index (χ2v) is 11.8. The van der Waals surface area contributed by atoms with Crippen LogP contribution in [0.5, 0.6) is 0 Å². The number of sulfonamides is 1. The van der Waals surface area contributed by atoms with Gasteiger partial charge in [0.2, 0.25) is 10.0 Å². The van der Waals surface area contributed by atoms with Crippen LogP contribution < -0.4 is 0 Å². The number of hydrogen-bond acceptors (Lipinski definition) is 5. The largest absolute Gasteiger partial charge is 0.371 e. The normalized spacial score (nSPS) is 38.0. The average Bonchev–Trinajstić information content (AvgIpc) is 2.90. The van der Waals surface area contributed by atoms with Crippen molar-refractivity contribution in [1.82, 2.24) is 4.31 Å². The molecule has 3 fully saturated rings. The van der Waals surface area contributed by atoms with Crippen LogP contribution in [0.1, 0.15) is 39.5 Å². The molecule has 6 nitrogen and oxygen atoms in total. The van der Waals surface area contributed by atoms with Gasteiger partial charge in [-0.05, 0) is 45.4 Å². The zero-order valence-electron chi connectivity index (χ0n) is 13.2. The van der Waals surface area contributed by atoms with Crippen LogP contribution in [-0.2, 0) is 24.6 Å². The lowest BCUT2D eigenvalue weighted by Gasteiger charge is -2.36. The number of nitrogens with zero attached hydrogens (tertiary/aromatic N) is 1. The number of fused-ring (bicyclic) bond motifs is 1. The number of rotatable bonds is 3. The lowest BCUT2D eigenvalue weighted by atomic mass is 9.96. The molecule has 128 valence electrons. The summed E-state index contributed by atoms with van der Waals surface area (Å²) in [5.74, 6) is 0.148. The predicted octanol–water partition coefficient (Wildman–Crippen LogP) is 0.783. The zero-order chi connectivity index (χ0) is 16.2. The maximum Gasteiger partial charge on any atom is 0.216 e. The summed E-state index contributed by atoms with van der Waals surface area (Å²) in [6.07, 6.45) is 2.96. The van der Waals surface area contributed by atoms with Crippen molar-refractivity contribution in [3.63, 3.8) is 0 Å². The molecule has 3 rings (SSSR count). The third kappa shape index (κ3) is 3.20. The highest BCUT2D eigenvalue weighted by Gasteiger charge is 2.49.